The van der Waals surface area contributed by atoms with Crippen LogP contribution in [0.25, 0.3) is 0 Å². The molecule has 0 unspecified atom stereocenters. The van der Waals surface area contributed by atoms with Gasteiger partial charge >= 0.3 is 0 Å². The molecule has 20 heavy (non-hydrogen) atoms. The third-order valence-electron chi connectivity index (χ3n) is 2.17. The number of aromatic nitrogens is 2. The summed E-state index contributed by atoms with van der Waals surface area (Å²) in [5.41, 5.74) is 0.614. The third kappa shape index (κ3) is 3.73. The van der Waals surface area contributed by atoms with Crippen LogP contribution in [0.5, 0.6) is 0 Å². The van der Waals surface area contributed by atoms with Crippen LogP contribution in [-0.4, -0.2) is 20.5 Å². The van der Waals surface area contributed by atoms with E-state index in [0.717, 1.165) is 0 Å². The summed E-state index contributed by atoms with van der Waals surface area (Å²) >= 11 is 11.0. The molecular formula is C12H6Cl2N2O2S2. The highest BCUT2D eigenvalue weighted by atomic mass is 35.5. The fourth-order valence-corrected chi connectivity index (χ4v) is 3.85. The van der Waals surface area contributed by atoms with Gasteiger partial charge in [0.1, 0.15) is 10.1 Å². The minimum absolute atomic E-state index is 0.307. The predicted molar refractivity (Wildman–Crippen MR) is 80.6 cm³/mol. The van der Waals surface area contributed by atoms with E-state index in [-0.39, 0.29) is 0 Å². The molecular weight excluding hydrogens is 339 g/mol. The molecule has 2 heterocycles. The predicted octanol–water partition coefficient (Wildman–Crippen LogP) is 4.03. The van der Waals surface area contributed by atoms with Crippen molar-refractivity contribution in [2.24, 2.45) is 0 Å². The van der Waals surface area contributed by atoms with Gasteiger partial charge in [-0.05, 0) is 69.1 Å². The van der Waals surface area contributed by atoms with Gasteiger partial charge in [0.15, 0.2) is 0 Å². The number of nitrogens with zero attached hydrogens (tertiary/aromatic N) is 2. The van der Waals surface area contributed by atoms with Gasteiger partial charge in [-0.3, -0.25) is 9.59 Å². The average molecular weight is 345 g/mol. The fourth-order valence-electron chi connectivity index (χ4n) is 1.29. The zero-order valence-electron chi connectivity index (χ0n) is 9.75. The van der Waals surface area contributed by atoms with Gasteiger partial charge in [-0.25, -0.2) is 9.97 Å². The molecule has 102 valence electrons. The summed E-state index contributed by atoms with van der Waals surface area (Å²) in [7, 11) is 2.37. The van der Waals surface area contributed by atoms with E-state index in [1.165, 1.54) is 21.6 Å². The maximum Gasteiger partial charge on any atom is 0.255 e. The van der Waals surface area contributed by atoms with Gasteiger partial charge in [-0.2, -0.15) is 0 Å². The van der Waals surface area contributed by atoms with Crippen LogP contribution in [0.2, 0.25) is 0 Å². The number of halogens is 2. The van der Waals surface area contributed by atoms with E-state index in [9.17, 15) is 9.59 Å². The molecule has 0 aliphatic heterocycles. The Bertz CT molecular complexity index is 610. The molecule has 0 amide bonds. The largest absolute Gasteiger partial charge is 0.276 e. The molecule has 0 fully saturated rings. The van der Waals surface area contributed by atoms with Gasteiger partial charge in [0.2, 0.25) is 0 Å². The first-order chi connectivity index (χ1) is 9.59. The zero-order valence-corrected chi connectivity index (χ0v) is 12.9. The van der Waals surface area contributed by atoms with Crippen molar-refractivity contribution in [2.45, 2.75) is 10.1 Å². The molecule has 2 aromatic heterocycles. The van der Waals surface area contributed by atoms with Crippen molar-refractivity contribution in [3.05, 3.63) is 47.8 Å². The van der Waals surface area contributed by atoms with Crippen molar-refractivity contribution in [3.8, 4) is 0 Å². The Morgan fingerprint density at radius 2 is 1.25 bits per heavy atom. The Kier molecular flexibility index (Phi) is 5.42. The first kappa shape index (κ1) is 15.3. The van der Waals surface area contributed by atoms with E-state index in [1.54, 1.807) is 36.7 Å². The normalized spacial score (nSPS) is 10.3. The van der Waals surface area contributed by atoms with Crippen molar-refractivity contribution in [2.75, 3.05) is 0 Å². The van der Waals surface area contributed by atoms with Crippen molar-refractivity contribution >= 4 is 55.3 Å². The third-order valence-corrected chi connectivity index (χ3v) is 4.82. The summed E-state index contributed by atoms with van der Waals surface area (Å²) in [6, 6.07) is 6.41. The van der Waals surface area contributed by atoms with Gasteiger partial charge in [-0.1, -0.05) is 0 Å². The van der Waals surface area contributed by atoms with E-state index < -0.39 is 10.5 Å². The van der Waals surface area contributed by atoms with Gasteiger partial charge < -0.3 is 0 Å². The summed E-state index contributed by atoms with van der Waals surface area (Å²) in [4.78, 5) is 30.7. The van der Waals surface area contributed by atoms with Crippen LogP contribution in [0.4, 0.5) is 0 Å². The molecule has 0 N–H and O–H groups in total. The van der Waals surface area contributed by atoms with E-state index >= 15 is 0 Å². The van der Waals surface area contributed by atoms with E-state index in [0.29, 0.717) is 21.2 Å². The molecule has 0 aromatic carbocycles. The van der Waals surface area contributed by atoms with Crippen LogP contribution in [-0.2, 0) is 0 Å². The molecule has 0 spiro atoms. The van der Waals surface area contributed by atoms with Crippen LogP contribution in [0.15, 0.2) is 46.7 Å². The fraction of sp³-hybridized carbons (Fsp3) is 0. The van der Waals surface area contributed by atoms with Gasteiger partial charge in [0.05, 0.1) is 11.1 Å². The maximum atomic E-state index is 11.3. The highest BCUT2D eigenvalue weighted by Crippen LogP contribution is 2.38. The van der Waals surface area contributed by atoms with Crippen LogP contribution in [0.1, 0.15) is 20.7 Å². The van der Waals surface area contributed by atoms with E-state index in [4.69, 9.17) is 23.2 Å². The molecule has 0 bridgehead atoms. The smallest absolute Gasteiger partial charge is 0.255 e. The Morgan fingerprint density at radius 1 is 0.850 bits per heavy atom. The van der Waals surface area contributed by atoms with Crippen molar-refractivity contribution in [1.29, 1.82) is 0 Å². The van der Waals surface area contributed by atoms with E-state index in [2.05, 4.69) is 9.97 Å². The number of carbonyl (C=O) groups excluding carboxylic acids is 2. The van der Waals surface area contributed by atoms with Crippen molar-refractivity contribution in [1.82, 2.24) is 9.97 Å². The SMILES string of the molecule is O=C(Cl)c1cccnc1SSc1ncccc1C(=O)Cl. The molecule has 4 nitrogen and oxygen atoms in total. The molecule has 0 atom stereocenters. The number of pyridine rings is 2. The minimum atomic E-state index is -0.587. The zero-order chi connectivity index (χ0) is 14.5. The standard InChI is InChI=1S/C12H6Cl2N2O2S2/c13-9(17)7-3-1-5-15-11(7)19-20-12-8(10(14)18)4-2-6-16-12/h1-6H. The Balaban J connectivity index is 2.22. The molecule has 0 saturated heterocycles. The van der Waals surface area contributed by atoms with Crippen LogP contribution >= 0.6 is 44.8 Å². The number of hydrogen-bond donors (Lipinski definition) is 0. The second-order valence-corrected chi connectivity index (χ2v) is 6.22. The van der Waals surface area contributed by atoms with Gasteiger partial charge in [0.25, 0.3) is 10.5 Å². The molecule has 0 saturated carbocycles. The van der Waals surface area contributed by atoms with Crippen molar-refractivity contribution < 1.29 is 9.59 Å². The molecule has 2 aromatic rings. The lowest BCUT2D eigenvalue weighted by atomic mass is 10.3. The highest BCUT2D eigenvalue weighted by Gasteiger charge is 2.14. The first-order valence-corrected chi connectivity index (χ1v) is 8.14. The topological polar surface area (TPSA) is 59.9 Å². The molecule has 2 rings (SSSR count). The summed E-state index contributed by atoms with van der Waals surface area (Å²) in [5.74, 6) is 0. The lowest BCUT2D eigenvalue weighted by Gasteiger charge is -2.05. The lowest BCUT2D eigenvalue weighted by molar-refractivity contribution is 0.107. The van der Waals surface area contributed by atoms with E-state index in [1.807, 2.05) is 0 Å². The average Bonchev–Trinajstić information content (AvgIpc) is 2.45. The Morgan fingerprint density at radius 3 is 1.60 bits per heavy atom. The number of hydrogen-bond acceptors (Lipinski definition) is 6. The van der Waals surface area contributed by atoms with Crippen LogP contribution < -0.4 is 0 Å². The number of carbonyl (C=O) groups is 2. The molecule has 8 heteroatoms. The monoisotopic (exact) mass is 344 g/mol. The molecule has 0 aliphatic carbocycles. The minimum Gasteiger partial charge on any atom is -0.276 e. The van der Waals surface area contributed by atoms with Crippen molar-refractivity contribution in [3.63, 3.8) is 0 Å². The lowest BCUT2D eigenvalue weighted by Crippen LogP contribution is -1.95. The summed E-state index contributed by atoms with van der Waals surface area (Å²) < 4.78 is 0. The summed E-state index contributed by atoms with van der Waals surface area (Å²) in [6.45, 7) is 0. The van der Waals surface area contributed by atoms with Gasteiger partial charge in [-0.15, -0.1) is 0 Å². The van der Waals surface area contributed by atoms with Crippen LogP contribution in [0, 0.1) is 0 Å². The quantitative estimate of drug-likeness (QED) is 0.602. The molecule has 0 aliphatic rings. The Labute approximate surface area is 132 Å². The van der Waals surface area contributed by atoms with Crippen LogP contribution in [0.3, 0.4) is 0 Å². The molecule has 0 radical (unpaired) electrons. The Hall–Kier alpha value is -1.08. The maximum absolute atomic E-state index is 11.3. The highest BCUT2D eigenvalue weighted by molar-refractivity contribution is 8.76. The second-order valence-electron chi connectivity index (χ2n) is 3.43. The first-order valence-electron chi connectivity index (χ1n) is 5.24. The summed E-state index contributed by atoms with van der Waals surface area (Å²) in [5, 5.41) is -0.265. The van der Waals surface area contributed by atoms with Gasteiger partial charge in [0, 0.05) is 12.4 Å². The second kappa shape index (κ2) is 7.08. The number of rotatable bonds is 5. The summed E-state index contributed by atoms with van der Waals surface area (Å²) in [6.07, 6.45) is 3.11.